The topological polar surface area (TPSA) is 116 Å². The molecule has 0 bridgehead atoms. The number of ether oxygens (including phenoxy) is 3. The molecule has 1 aromatic rings. The first-order valence-corrected chi connectivity index (χ1v) is 12.0. The first-order valence-electron chi connectivity index (χ1n) is 12.0. The van der Waals surface area contributed by atoms with Crippen LogP contribution < -0.4 is 16.3 Å². The lowest BCUT2D eigenvalue weighted by molar-refractivity contribution is 0.00461. The summed E-state index contributed by atoms with van der Waals surface area (Å²) < 4.78 is 17.2. The molecule has 1 aliphatic heterocycles. The summed E-state index contributed by atoms with van der Waals surface area (Å²) in [7, 11) is 3.38. The predicted molar refractivity (Wildman–Crippen MR) is 127 cm³/mol. The minimum absolute atomic E-state index is 0.0436. The van der Waals surface area contributed by atoms with Crippen LogP contribution >= 0.6 is 0 Å². The number of rotatable bonds is 10. The summed E-state index contributed by atoms with van der Waals surface area (Å²) in [5, 5.41) is 1.37. The van der Waals surface area contributed by atoms with Crippen LogP contribution in [0.5, 0.6) is 5.75 Å². The van der Waals surface area contributed by atoms with E-state index < -0.39 is 6.09 Å². The smallest absolute Gasteiger partial charge is 0.409 e. The molecule has 1 amide bonds. The van der Waals surface area contributed by atoms with Crippen LogP contribution in [0.3, 0.4) is 0 Å². The van der Waals surface area contributed by atoms with Gasteiger partial charge >= 0.3 is 6.09 Å². The Hall–Kier alpha value is -2.52. The molecule has 0 atom stereocenters. The molecule has 1 aliphatic carbocycles. The Kier molecular flexibility index (Phi) is 9.20. The van der Waals surface area contributed by atoms with Gasteiger partial charge in [0, 0.05) is 20.6 Å². The van der Waals surface area contributed by atoms with Crippen molar-refractivity contribution in [3.05, 3.63) is 29.2 Å². The molecular formula is C24H39N5O4. The van der Waals surface area contributed by atoms with E-state index in [2.05, 4.69) is 6.92 Å². The van der Waals surface area contributed by atoms with Crippen LogP contribution in [-0.4, -0.2) is 67.6 Å². The number of hydrogen-bond donors (Lipinski definition) is 2. The van der Waals surface area contributed by atoms with Crippen LogP contribution in [0.1, 0.15) is 69.2 Å². The average Bonchev–Trinajstić information content (AvgIpc) is 2.77. The SMILES string of the molecule is CCCCN(C)C(=O)OC/C(=C(/N)c1ccc(OC2CCCCC2)c(C2COC2)n1)N(C)N. The maximum absolute atomic E-state index is 12.3. The van der Waals surface area contributed by atoms with Gasteiger partial charge in [-0.05, 0) is 44.2 Å². The molecule has 0 radical (unpaired) electrons. The number of hydrazine groups is 1. The first kappa shape index (κ1) is 25.1. The second-order valence-corrected chi connectivity index (χ2v) is 8.99. The maximum Gasteiger partial charge on any atom is 0.409 e. The molecular weight excluding hydrogens is 422 g/mol. The molecule has 33 heavy (non-hydrogen) atoms. The van der Waals surface area contributed by atoms with Crippen LogP contribution in [0.2, 0.25) is 0 Å². The lowest BCUT2D eigenvalue weighted by Gasteiger charge is -2.30. The number of amides is 1. The van der Waals surface area contributed by atoms with E-state index in [0.29, 0.717) is 36.8 Å². The van der Waals surface area contributed by atoms with Crippen molar-refractivity contribution >= 4 is 11.8 Å². The van der Waals surface area contributed by atoms with E-state index in [9.17, 15) is 4.79 Å². The van der Waals surface area contributed by atoms with Gasteiger partial charge in [0.2, 0.25) is 0 Å². The highest BCUT2D eigenvalue weighted by molar-refractivity contribution is 5.68. The van der Waals surface area contributed by atoms with Crippen molar-refractivity contribution in [2.75, 3.05) is 40.5 Å². The molecule has 1 saturated heterocycles. The molecule has 0 unspecified atom stereocenters. The molecule has 2 fully saturated rings. The third kappa shape index (κ3) is 6.74. The number of unbranched alkanes of at least 4 members (excludes halogenated alkanes) is 1. The summed E-state index contributed by atoms with van der Waals surface area (Å²) in [6.45, 7) is 3.91. The zero-order chi connectivity index (χ0) is 23.8. The average molecular weight is 462 g/mol. The van der Waals surface area contributed by atoms with Gasteiger partial charge < -0.3 is 29.9 Å². The minimum Gasteiger partial charge on any atom is -0.489 e. The first-order chi connectivity index (χ1) is 15.9. The second kappa shape index (κ2) is 12.1. The van der Waals surface area contributed by atoms with Gasteiger partial charge in [-0.3, -0.25) is 0 Å². The Morgan fingerprint density at radius 3 is 2.55 bits per heavy atom. The molecule has 0 aromatic carbocycles. The normalized spacial score (nSPS) is 17.7. The number of pyridine rings is 1. The third-order valence-corrected chi connectivity index (χ3v) is 6.26. The van der Waals surface area contributed by atoms with Crippen molar-refractivity contribution in [2.45, 2.75) is 63.9 Å². The Morgan fingerprint density at radius 2 is 1.94 bits per heavy atom. The van der Waals surface area contributed by atoms with Gasteiger partial charge in [-0.25, -0.2) is 15.6 Å². The van der Waals surface area contributed by atoms with Gasteiger partial charge in [0.1, 0.15) is 12.4 Å². The van der Waals surface area contributed by atoms with Crippen molar-refractivity contribution in [1.82, 2.24) is 14.9 Å². The van der Waals surface area contributed by atoms with Crippen LogP contribution in [-0.2, 0) is 9.47 Å². The van der Waals surface area contributed by atoms with E-state index in [1.807, 2.05) is 12.1 Å². The van der Waals surface area contributed by atoms with Crippen LogP contribution in [0.25, 0.3) is 5.70 Å². The molecule has 2 aliphatic rings. The molecule has 9 nitrogen and oxygen atoms in total. The molecule has 1 saturated carbocycles. The summed E-state index contributed by atoms with van der Waals surface area (Å²) in [6, 6.07) is 3.78. The fourth-order valence-corrected chi connectivity index (χ4v) is 4.00. The van der Waals surface area contributed by atoms with E-state index in [4.69, 9.17) is 30.8 Å². The highest BCUT2D eigenvalue weighted by Gasteiger charge is 2.28. The summed E-state index contributed by atoms with van der Waals surface area (Å²) in [6.07, 6.45) is 7.56. The van der Waals surface area contributed by atoms with E-state index >= 15 is 0 Å². The van der Waals surface area contributed by atoms with Crippen LogP contribution in [0, 0.1) is 0 Å². The van der Waals surface area contributed by atoms with E-state index in [1.54, 1.807) is 19.0 Å². The van der Waals surface area contributed by atoms with Gasteiger partial charge in [-0.15, -0.1) is 0 Å². The van der Waals surface area contributed by atoms with Crippen molar-refractivity contribution in [3.63, 3.8) is 0 Å². The highest BCUT2D eigenvalue weighted by atomic mass is 16.6. The lowest BCUT2D eigenvalue weighted by Crippen LogP contribution is -2.34. The van der Waals surface area contributed by atoms with Crippen molar-refractivity contribution in [1.29, 1.82) is 0 Å². The number of hydrogen-bond acceptors (Lipinski definition) is 8. The molecule has 1 aromatic heterocycles. The van der Waals surface area contributed by atoms with Crippen molar-refractivity contribution in [2.24, 2.45) is 11.6 Å². The molecule has 4 N–H and O–H groups in total. The molecule has 184 valence electrons. The van der Waals surface area contributed by atoms with Crippen LogP contribution in [0.15, 0.2) is 17.8 Å². The number of nitrogens with two attached hydrogens (primary N) is 2. The largest absolute Gasteiger partial charge is 0.489 e. The lowest BCUT2D eigenvalue weighted by atomic mass is 9.97. The van der Waals surface area contributed by atoms with Gasteiger partial charge in [-0.1, -0.05) is 19.8 Å². The van der Waals surface area contributed by atoms with Crippen LogP contribution in [0.4, 0.5) is 4.79 Å². The zero-order valence-electron chi connectivity index (χ0n) is 20.2. The number of aromatic nitrogens is 1. The summed E-state index contributed by atoms with van der Waals surface area (Å²) in [4.78, 5) is 18.7. The Morgan fingerprint density at radius 1 is 1.21 bits per heavy atom. The molecule has 3 rings (SSSR count). The summed E-state index contributed by atoms with van der Waals surface area (Å²) in [5.74, 6) is 7.01. The monoisotopic (exact) mass is 461 g/mol. The van der Waals surface area contributed by atoms with E-state index in [0.717, 1.165) is 37.1 Å². The number of likely N-dealkylation sites (N-methyl/N-ethyl adjacent to an activating group) is 1. The predicted octanol–water partition coefficient (Wildman–Crippen LogP) is 3.21. The third-order valence-electron chi connectivity index (χ3n) is 6.26. The zero-order valence-corrected chi connectivity index (χ0v) is 20.2. The highest BCUT2D eigenvalue weighted by Crippen LogP contribution is 2.34. The Bertz CT molecular complexity index is 819. The van der Waals surface area contributed by atoms with Crippen molar-refractivity contribution in [3.8, 4) is 5.75 Å². The van der Waals surface area contributed by atoms with Gasteiger partial charge in [0.25, 0.3) is 0 Å². The van der Waals surface area contributed by atoms with Gasteiger partial charge in [0.05, 0.1) is 48.0 Å². The quantitative estimate of drug-likeness (QED) is 0.403. The van der Waals surface area contributed by atoms with E-state index in [-0.39, 0.29) is 18.6 Å². The summed E-state index contributed by atoms with van der Waals surface area (Å²) >= 11 is 0. The molecule has 9 heteroatoms. The molecule has 0 spiro atoms. The molecule has 2 heterocycles. The number of carbonyl (C=O) groups is 1. The standard InChI is InChI=1S/C24H39N5O4/c1-4-5-13-28(2)24(30)32-16-20(29(3)26)22(25)19-11-12-21(23(27-19)17-14-31-15-17)33-18-9-7-6-8-10-18/h11-12,17-18H,4-10,13-16,25-26H2,1-3H3/b22-20-. The fourth-order valence-electron chi connectivity index (χ4n) is 4.00. The van der Waals surface area contributed by atoms with Gasteiger partial charge in [-0.2, -0.15) is 0 Å². The van der Waals surface area contributed by atoms with Crippen molar-refractivity contribution < 1.29 is 19.0 Å². The fraction of sp³-hybridized carbons (Fsp3) is 0.667. The number of carbonyl (C=O) groups excluding carboxylic acids is 1. The second-order valence-electron chi connectivity index (χ2n) is 8.99. The Balaban J connectivity index is 1.78. The minimum atomic E-state index is -0.410. The van der Waals surface area contributed by atoms with E-state index in [1.165, 1.54) is 24.3 Å². The summed E-state index contributed by atoms with van der Waals surface area (Å²) in [5.41, 5.74) is 8.76. The van der Waals surface area contributed by atoms with Gasteiger partial charge in [0.15, 0.2) is 0 Å². The number of nitrogens with zero attached hydrogens (tertiary/aromatic N) is 3. The Labute approximate surface area is 197 Å². The maximum atomic E-state index is 12.3.